The molecule has 0 fully saturated rings. The van der Waals surface area contributed by atoms with Gasteiger partial charge < -0.3 is 11.5 Å². The third-order valence-corrected chi connectivity index (χ3v) is 3.57. The Bertz CT molecular complexity index is 647. The Kier molecular flexibility index (Phi) is 2.95. The second-order valence-electron chi connectivity index (χ2n) is 3.23. The van der Waals surface area contributed by atoms with Crippen molar-refractivity contribution in [2.24, 2.45) is 5.73 Å². The Hall–Kier alpha value is -1.73. The number of carbonyl (C=O) groups excluding carboxylic acids is 1. The van der Waals surface area contributed by atoms with E-state index in [0.29, 0.717) is 0 Å². The number of nitrogens with two attached hydrogens (primary N) is 2. The minimum absolute atomic E-state index is 0.0672. The van der Waals surface area contributed by atoms with Gasteiger partial charge in [-0.3, -0.25) is 9.36 Å². The normalized spacial score (nSPS) is 10.4. The standard InChI is InChI=1S/C10H8FN3OS2/c11-5-3-1-2-4-6(5)14-8(12)7(9(13)15)17-10(14)16/h1-4H,12H2,(H2,13,15). The van der Waals surface area contributed by atoms with E-state index in [1.807, 2.05) is 0 Å². The van der Waals surface area contributed by atoms with Gasteiger partial charge in [0.05, 0.1) is 5.69 Å². The zero-order valence-corrected chi connectivity index (χ0v) is 10.1. The molecule has 0 radical (unpaired) electrons. The summed E-state index contributed by atoms with van der Waals surface area (Å²) in [4.78, 5) is 11.2. The molecule has 1 amide bonds. The van der Waals surface area contributed by atoms with Gasteiger partial charge in [0, 0.05) is 0 Å². The maximum absolute atomic E-state index is 13.6. The minimum Gasteiger partial charge on any atom is -0.383 e. The first-order chi connectivity index (χ1) is 8.02. The molecule has 1 heterocycles. The molecule has 1 aromatic heterocycles. The van der Waals surface area contributed by atoms with E-state index in [2.05, 4.69) is 0 Å². The number of primary amides is 1. The highest BCUT2D eigenvalue weighted by atomic mass is 32.1. The molecule has 88 valence electrons. The number of anilines is 1. The van der Waals surface area contributed by atoms with Crippen molar-refractivity contribution < 1.29 is 9.18 Å². The molecule has 2 aromatic rings. The summed E-state index contributed by atoms with van der Waals surface area (Å²) < 4.78 is 15.2. The third kappa shape index (κ3) is 1.94. The SMILES string of the molecule is NC(=O)c1sc(=S)n(-c2ccccc2F)c1N. The molecular formula is C10H8FN3OS2. The lowest BCUT2D eigenvalue weighted by molar-refractivity contribution is 0.100. The van der Waals surface area contributed by atoms with Gasteiger partial charge in [-0.2, -0.15) is 0 Å². The van der Waals surface area contributed by atoms with Crippen molar-refractivity contribution in [1.29, 1.82) is 0 Å². The molecule has 0 aliphatic rings. The molecule has 0 spiro atoms. The van der Waals surface area contributed by atoms with E-state index in [1.54, 1.807) is 12.1 Å². The molecule has 2 rings (SSSR count). The molecule has 17 heavy (non-hydrogen) atoms. The average Bonchev–Trinajstić information content (AvgIpc) is 2.56. The number of halogens is 1. The van der Waals surface area contributed by atoms with Crippen molar-refractivity contribution in [3.8, 4) is 5.69 Å². The van der Waals surface area contributed by atoms with Crippen LogP contribution in [0.25, 0.3) is 5.69 Å². The predicted octanol–water partition coefficient (Wildman–Crippen LogP) is 2.09. The van der Waals surface area contributed by atoms with Crippen LogP contribution in [0.3, 0.4) is 0 Å². The van der Waals surface area contributed by atoms with Crippen molar-refractivity contribution in [2.75, 3.05) is 5.73 Å². The van der Waals surface area contributed by atoms with Gasteiger partial charge in [-0.25, -0.2) is 4.39 Å². The van der Waals surface area contributed by atoms with Crippen LogP contribution in [0.5, 0.6) is 0 Å². The third-order valence-electron chi connectivity index (χ3n) is 2.16. The largest absolute Gasteiger partial charge is 0.383 e. The summed E-state index contributed by atoms with van der Waals surface area (Å²) >= 11 is 6.01. The first kappa shape index (κ1) is 11.7. The van der Waals surface area contributed by atoms with Crippen LogP contribution in [-0.2, 0) is 0 Å². The van der Waals surface area contributed by atoms with Crippen LogP contribution >= 0.6 is 23.6 Å². The van der Waals surface area contributed by atoms with E-state index < -0.39 is 11.7 Å². The fourth-order valence-corrected chi connectivity index (χ4v) is 2.63. The molecule has 0 atom stereocenters. The van der Waals surface area contributed by atoms with Crippen LogP contribution in [0.2, 0.25) is 0 Å². The molecule has 0 bridgehead atoms. The predicted molar refractivity (Wildman–Crippen MR) is 67.4 cm³/mol. The van der Waals surface area contributed by atoms with E-state index in [9.17, 15) is 9.18 Å². The van der Waals surface area contributed by atoms with Crippen LogP contribution in [0.15, 0.2) is 24.3 Å². The molecule has 0 unspecified atom stereocenters. The van der Waals surface area contributed by atoms with Gasteiger partial charge in [0.2, 0.25) is 0 Å². The minimum atomic E-state index is -0.673. The zero-order valence-electron chi connectivity index (χ0n) is 8.51. The highest BCUT2D eigenvalue weighted by Crippen LogP contribution is 2.26. The summed E-state index contributed by atoms with van der Waals surface area (Å²) in [5.41, 5.74) is 11.1. The Labute approximate surface area is 105 Å². The van der Waals surface area contributed by atoms with E-state index >= 15 is 0 Å². The fraction of sp³-hybridized carbons (Fsp3) is 0. The molecule has 7 heteroatoms. The number of para-hydroxylation sites is 1. The van der Waals surface area contributed by atoms with Crippen molar-refractivity contribution in [3.05, 3.63) is 38.9 Å². The maximum atomic E-state index is 13.6. The number of rotatable bonds is 2. The van der Waals surface area contributed by atoms with Crippen LogP contribution in [0.1, 0.15) is 9.67 Å². The van der Waals surface area contributed by atoms with E-state index in [4.69, 9.17) is 23.7 Å². The lowest BCUT2D eigenvalue weighted by Gasteiger charge is -2.06. The molecule has 0 saturated heterocycles. The summed E-state index contributed by atoms with van der Waals surface area (Å²) in [6.45, 7) is 0. The fourth-order valence-electron chi connectivity index (χ4n) is 1.42. The molecule has 0 saturated carbocycles. The van der Waals surface area contributed by atoms with Crippen LogP contribution in [-0.4, -0.2) is 10.5 Å². The maximum Gasteiger partial charge on any atom is 0.262 e. The number of thiazole rings is 1. The smallest absolute Gasteiger partial charge is 0.262 e. The lowest BCUT2D eigenvalue weighted by atomic mass is 10.3. The topological polar surface area (TPSA) is 74.0 Å². The van der Waals surface area contributed by atoms with Crippen LogP contribution < -0.4 is 11.5 Å². The quantitative estimate of drug-likeness (QED) is 0.820. The van der Waals surface area contributed by atoms with Crippen LogP contribution in [0, 0.1) is 9.77 Å². The second kappa shape index (κ2) is 4.27. The number of carbonyl (C=O) groups is 1. The van der Waals surface area contributed by atoms with Gasteiger partial charge in [-0.15, -0.1) is 0 Å². The van der Waals surface area contributed by atoms with Gasteiger partial charge in [-0.1, -0.05) is 23.5 Å². The summed E-state index contributed by atoms with van der Waals surface area (Å²) in [6, 6.07) is 6.03. The number of benzene rings is 1. The monoisotopic (exact) mass is 269 g/mol. The molecule has 4 nitrogen and oxygen atoms in total. The number of aromatic nitrogens is 1. The summed E-state index contributed by atoms with van der Waals surface area (Å²) in [5, 5.41) is 0. The van der Waals surface area contributed by atoms with E-state index in [0.717, 1.165) is 11.3 Å². The second-order valence-corrected chi connectivity index (χ2v) is 4.88. The van der Waals surface area contributed by atoms with E-state index in [-0.39, 0.29) is 20.3 Å². The molecule has 1 aromatic carbocycles. The van der Waals surface area contributed by atoms with Gasteiger partial charge in [0.1, 0.15) is 16.5 Å². The first-order valence-electron chi connectivity index (χ1n) is 4.58. The highest BCUT2D eigenvalue weighted by molar-refractivity contribution is 7.73. The number of nitrogen functional groups attached to an aromatic ring is 1. The van der Waals surface area contributed by atoms with Gasteiger partial charge in [-0.05, 0) is 24.4 Å². The van der Waals surface area contributed by atoms with Crippen molar-refractivity contribution >= 4 is 35.3 Å². The number of hydrogen-bond donors (Lipinski definition) is 2. The van der Waals surface area contributed by atoms with Crippen molar-refractivity contribution in [1.82, 2.24) is 4.57 Å². The zero-order chi connectivity index (χ0) is 12.6. The Morgan fingerprint density at radius 1 is 1.41 bits per heavy atom. The molecule has 0 aliphatic heterocycles. The van der Waals surface area contributed by atoms with Crippen molar-refractivity contribution in [3.63, 3.8) is 0 Å². The number of hydrogen-bond acceptors (Lipinski definition) is 4. The Morgan fingerprint density at radius 3 is 2.59 bits per heavy atom. The first-order valence-corrected chi connectivity index (χ1v) is 5.81. The Balaban J connectivity index is 2.73. The van der Waals surface area contributed by atoms with Gasteiger partial charge in [0.15, 0.2) is 3.95 Å². The summed E-state index contributed by atoms with van der Waals surface area (Å²) in [6.07, 6.45) is 0. The average molecular weight is 269 g/mol. The molecular weight excluding hydrogens is 261 g/mol. The van der Waals surface area contributed by atoms with Crippen LogP contribution in [0.4, 0.5) is 10.2 Å². The van der Waals surface area contributed by atoms with Gasteiger partial charge in [0.25, 0.3) is 5.91 Å². The number of amides is 1. The summed E-state index contributed by atoms with van der Waals surface area (Å²) in [7, 11) is 0. The van der Waals surface area contributed by atoms with Crippen molar-refractivity contribution in [2.45, 2.75) is 0 Å². The summed E-state index contributed by atoms with van der Waals surface area (Å²) in [5.74, 6) is -1.07. The lowest BCUT2D eigenvalue weighted by Crippen LogP contribution is -2.13. The Morgan fingerprint density at radius 2 is 2.06 bits per heavy atom. The van der Waals surface area contributed by atoms with Gasteiger partial charge >= 0.3 is 0 Å². The number of nitrogens with zero attached hydrogens (tertiary/aromatic N) is 1. The molecule has 0 aliphatic carbocycles. The highest BCUT2D eigenvalue weighted by Gasteiger charge is 2.17. The molecule has 4 N–H and O–H groups in total. The van der Waals surface area contributed by atoms with E-state index in [1.165, 1.54) is 16.7 Å².